The lowest BCUT2D eigenvalue weighted by atomic mass is 10.0. The van der Waals surface area contributed by atoms with Crippen LogP contribution in [0.1, 0.15) is 11.1 Å². The maximum Gasteiger partial charge on any atom is 0.260 e. The van der Waals surface area contributed by atoms with E-state index in [-0.39, 0.29) is 11.5 Å². The number of allylic oxidation sites excluding steroid dienone is 1. The molecule has 0 unspecified atom stereocenters. The third kappa shape index (κ3) is 7.86. The van der Waals surface area contributed by atoms with Crippen LogP contribution in [0.15, 0.2) is 83.0 Å². The van der Waals surface area contributed by atoms with Crippen LogP contribution < -0.4 is 32.8 Å². The molecule has 0 radical (unpaired) electrons. The number of aromatic nitrogens is 1. The first-order valence-corrected chi connectivity index (χ1v) is 11.9. The molecule has 10 nitrogen and oxygen atoms in total. The molecule has 1 aromatic heterocycles. The zero-order valence-electron chi connectivity index (χ0n) is 21.2. The van der Waals surface area contributed by atoms with Gasteiger partial charge in [-0.1, -0.05) is 19.2 Å². The van der Waals surface area contributed by atoms with E-state index >= 15 is 0 Å². The van der Waals surface area contributed by atoms with E-state index in [1.165, 1.54) is 16.8 Å². The van der Waals surface area contributed by atoms with Crippen molar-refractivity contribution >= 4 is 23.4 Å². The van der Waals surface area contributed by atoms with Crippen LogP contribution in [0.4, 0.5) is 5.69 Å². The van der Waals surface area contributed by atoms with Gasteiger partial charge in [0.05, 0.1) is 18.8 Å². The molecule has 1 aromatic carbocycles. The van der Waals surface area contributed by atoms with Crippen LogP contribution in [0.3, 0.4) is 0 Å². The molecule has 0 spiro atoms. The Morgan fingerprint density at radius 2 is 1.89 bits per heavy atom. The van der Waals surface area contributed by atoms with Crippen molar-refractivity contribution in [2.45, 2.75) is 0 Å². The van der Waals surface area contributed by atoms with E-state index in [1.54, 1.807) is 25.4 Å². The highest BCUT2D eigenvalue weighted by Gasteiger charge is 2.13. The molecule has 0 atom stereocenters. The summed E-state index contributed by atoms with van der Waals surface area (Å²) in [5.74, 6) is 0.661. The number of aliphatic imine (C=N–C) groups is 1. The zero-order valence-corrected chi connectivity index (χ0v) is 21.2. The van der Waals surface area contributed by atoms with Crippen LogP contribution in [0.2, 0.25) is 0 Å². The van der Waals surface area contributed by atoms with Crippen molar-refractivity contribution in [1.82, 2.24) is 9.47 Å². The molecule has 1 aliphatic heterocycles. The van der Waals surface area contributed by atoms with Gasteiger partial charge in [0.2, 0.25) is 0 Å². The molecule has 0 aliphatic carbocycles. The second-order valence-corrected chi connectivity index (χ2v) is 8.43. The van der Waals surface area contributed by atoms with Gasteiger partial charge in [-0.2, -0.15) is 0 Å². The predicted octanol–water partition coefficient (Wildman–Crippen LogP) is 1.82. The summed E-state index contributed by atoms with van der Waals surface area (Å²) in [6.45, 7) is 12.7. The minimum absolute atomic E-state index is 0.104. The highest BCUT2D eigenvalue weighted by Crippen LogP contribution is 2.22. The Labute approximate surface area is 217 Å². The van der Waals surface area contributed by atoms with Crippen molar-refractivity contribution in [3.8, 4) is 5.75 Å². The molecule has 0 amide bonds. The summed E-state index contributed by atoms with van der Waals surface area (Å²) in [7, 11) is 1.67. The Morgan fingerprint density at radius 1 is 1.19 bits per heavy atom. The molecule has 1 aliphatic rings. The number of rotatable bonds is 11. The van der Waals surface area contributed by atoms with Crippen LogP contribution >= 0.6 is 0 Å². The predicted molar refractivity (Wildman–Crippen MR) is 150 cm³/mol. The minimum atomic E-state index is -0.226. The maximum absolute atomic E-state index is 13.0. The highest BCUT2D eigenvalue weighted by molar-refractivity contribution is 5.81. The summed E-state index contributed by atoms with van der Waals surface area (Å²) >= 11 is 0. The number of morpholine rings is 1. The van der Waals surface area contributed by atoms with E-state index in [0.29, 0.717) is 34.7 Å². The third-order valence-corrected chi connectivity index (χ3v) is 5.75. The number of ether oxygens (including phenoxy) is 2. The van der Waals surface area contributed by atoms with Crippen molar-refractivity contribution < 1.29 is 9.47 Å². The fraction of sp³-hybridized carbons (Fsp3) is 0.259. The third-order valence-electron chi connectivity index (χ3n) is 5.75. The van der Waals surface area contributed by atoms with Gasteiger partial charge in [-0.05, 0) is 42.0 Å². The summed E-state index contributed by atoms with van der Waals surface area (Å²) in [6, 6.07) is 9.28. The molecule has 1 fully saturated rings. The SMILES string of the molecule is C=CC(=C\N=C(N)N)/C(N)=C/c1ccn(C)c(=O)c1C(=C)Nc1ccc(OCCN2CCOCC2)cc1. The summed E-state index contributed by atoms with van der Waals surface area (Å²) < 4.78 is 12.7. The van der Waals surface area contributed by atoms with Crippen molar-refractivity contribution in [1.29, 1.82) is 0 Å². The number of nitrogens with zero attached hydrogens (tertiary/aromatic N) is 3. The lowest BCUT2D eigenvalue weighted by Gasteiger charge is -2.26. The second-order valence-electron chi connectivity index (χ2n) is 8.43. The molecular weight excluding hydrogens is 470 g/mol. The number of anilines is 1. The number of benzene rings is 1. The van der Waals surface area contributed by atoms with Crippen molar-refractivity contribution in [2.24, 2.45) is 29.2 Å². The highest BCUT2D eigenvalue weighted by atomic mass is 16.5. The first-order valence-electron chi connectivity index (χ1n) is 11.9. The lowest BCUT2D eigenvalue weighted by molar-refractivity contribution is 0.0322. The first-order chi connectivity index (χ1) is 17.8. The van der Waals surface area contributed by atoms with Crippen molar-refractivity contribution in [3.05, 3.63) is 94.7 Å². The summed E-state index contributed by atoms with van der Waals surface area (Å²) in [4.78, 5) is 19.2. The molecule has 2 aromatic rings. The summed E-state index contributed by atoms with van der Waals surface area (Å²) in [5, 5.41) is 3.21. The van der Waals surface area contributed by atoms with Gasteiger partial charge in [0.1, 0.15) is 12.4 Å². The van der Waals surface area contributed by atoms with Gasteiger partial charge in [-0.15, -0.1) is 0 Å². The van der Waals surface area contributed by atoms with Crippen molar-refractivity contribution in [3.63, 3.8) is 0 Å². The molecule has 2 heterocycles. The minimum Gasteiger partial charge on any atom is -0.492 e. The Morgan fingerprint density at radius 3 is 2.54 bits per heavy atom. The van der Waals surface area contributed by atoms with Gasteiger partial charge < -0.3 is 36.6 Å². The molecule has 7 N–H and O–H groups in total. The Kier molecular flexibility index (Phi) is 9.70. The van der Waals surface area contributed by atoms with Crippen molar-refractivity contribution in [2.75, 3.05) is 44.8 Å². The van der Waals surface area contributed by atoms with Gasteiger partial charge in [-0.25, -0.2) is 4.99 Å². The molecule has 196 valence electrons. The standard InChI is InChI=1S/C27H35N7O3/c1-4-20(18-31-27(29)30)24(28)17-21-9-10-33(3)26(35)25(21)19(2)32-22-5-7-23(8-6-22)37-16-13-34-11-14-36-15-12-34/h4-10,17-18,32H,1-2,11-16,28H2,3H3,(H4,29,30,31)/b20-18+,24-17-. The molecule has 0 saturated carbocycles. The Bertz CT molecular complexity index is 1250. The average molecular weight is 506 g/mol. The normalized spacial score (nSPS) is 14.6. The summed E-state index contributed by atoms with van der Waals surface area (Å²) in [5.41, 5.74) is 19.8. The van der Waals surface area contributed by atoms with E-state index in [0.717, 1.165) is 44.3 Å². The number of nitrogens with one attached hydrogen (secondary N) is 1. The van der Waals surface area contributed by atoms with Crippen LogP contribution in [-0.4, -0.2) is 54.9 Å². The molecule has 37 heavy (non-hydrogen) atoms. The Hall–Kier alpha value is -4.28. The summed E-state index contributed by atoms with van der Waals surface area (Å²) in [6.07, 6.45) is 6.25. The number of nitrogens with two attached hydrogens (primary N) is 3. The van der Waals surface area contributed by atoms with Gasteiger partial charge in [0.15, 0.2) is 5.96 Å². The first kappa shape index (κ1) is 27.3. The van der Waals surface area contributed by atoms with Gasteiger partial charge in [0.25, 0.3) is 5.56 Å². The quantitative estimate of drug-likeness (QED) is 0.206. The maximum atomic E-state index is 13.0. The van der Waals surface area contributed by atoms with Gasteiger partial charge in [-0.3, -0.25) is 9.69 Å². The molecule has 0 bridgehead atoms. The number of guanidine groups is 1. The van der Waals surface area contributed by atoms with E-state index in [2.05, 4.69) is 28.4 Å². The second kappa shape index (κ2) is 13.1. The van der Waals surface area contributed by atoms with Crippen LogP contribution in [0.25, 0.3) is 11.8 Å². The van der Waals surface area contributed by atoms with Gasteiger partial charge in [0, 0.05) is 61.7 Å². The largest absolute Gasteiger partial charge is 0.492 e. The van der Waals surface area contributed by atoms with Crippen LogP contribution in [0, 0.1) is 0 Å². The lowest BCUT2D eigenvalue weighted by Crippen LogP contribution is -2.38. The van der Waals surface area contributed by atoms with E-state index in [9.17, 15) is 4.79 Å². The molecule has 1 saturated heterocycles. The molecule has 3 rings (SSSR count). The number of pyridine rings is 1. The fourth-order valence-corrected chi connectivity index (χ4v) is 3.70. The Balaban J connectivity index is 1.73. The van der Waals surface area contributed by atoms with Crippen LogP contribution in [0.5, 0.6) is 5.75 Å². The average Bonchev–Trinajstić information content (AvgIpc) is 2.88. The molecule has 10 heteroatoms. The topological polar surface area (TPSA) is 146 Å². The molecular formula is C27H35N7O3. The monoisotopic (exact) mass is 505 g/mol. The van der Waals surface area contributed by atoms with E-state index < -0.39 is 0 Å². The zero-order chi connectivity index (χ0) is 26.8. The number of aryl methyl sites for hydroxylation is 1. The fourth-order valence-electron chi connectivity index (χ4n) is 3.70. The van der Waals surface area contributed by atoms with Crippen LogP contribution in [-0.2, 0) is 11.8 Å². The smallest absolute Gasteiger partial charge is 0.260 e. The van der Waals surface area contributed by atoms with Gasteiger partial charge >= 0.3 is 0 Å². The van der Waals surface area contributed by atoms with E-state index in [4.69, 9.17) is 26.7 Å². The van der Waals surface area contributed by atoms with E-state index in [1.807, 2.05) is 24.3 Å². The number of hydrogen-bond donors (Lipinski definition) is 4. The number of hydrogen-bond acceptors (Lipinski definition) is 7.